The first-order chi connectivity index (χ1) is 7.15. The van der Waals surface area contributed by atoms with E-state index in [1.54, 1.807) is 29.2 Å². The minimum Gasteiger partial charge on any atom is -0.264 e. The van der Waals surface area contributed by atoms with Crippen molar-refractivity contribution in [2.45, 2.75) is 4.90 Å². The summed E-state index contributed by atoms with van der Waals surface area (Å²) in [4.78, 5) is 5.87. The molecule has 2 rings (SSSR count). The SMILES string of the molecule is NNS(=O)(=O)c1cccc2cnccc12. The Morgan fingerprint density at radius 2 is 2.07 bits per heavy atom. The summed E-state index contributed by atoms with van der Waals surface area (Å²) in [6.07, 6.45) is 3.14. The average Bonchev–Trinajstić information content (AvgIpc) is 2.28. The highest BCUT2D eigenvalue weighted by molar-refractivity contribution is 7.89. The maximum absolute atomic E-state index is 11.6. The molecule has 0 aliphatic carbocycles. The van der Waals surface area contributed by atoms with E-state index >= 15 is 0 Å². The zero-order valence-corrected chi connectivity index (χ0v) is 8.53. The molecule has 6 heteroatoms. The van der Waals surface area contributed by atoms with Crippen LogP contribution in [0.2, 0.25) is 0 Å². The van der Waals surface area contributed by atoms with Gasteiger partial charge in [0.25, 0.3) is 10.0 Å². The van der Waals surface area contributed by atoms with Crippen LogP contribution in [0.4, 0.5) is 0 Å². The average molecular weight is 223 g/mol. The molecule has 0 bridgehead atoms. The molecule has 3 N–H and O–H groups in total. The van der Waals surface area contributed by atoms with E-state index in [9.17, 15) is 8.42 Å². The Morgan fingerprint density at radius 3 is 2.80 bits per heavy atom. The minimum absolute atomic E-state index is 0.157. The number of pyridine rings is 1. The van der Waals surface area contributed by atoms with E-state index < -0.39 is 10.0 Å². The number of benzene rings is 1. The van der Waals surface area contributed by atoms with Crippen LogP contribution in [0.3, 0.4) is 0 Å². The first-order valence-corrected chi connectivity index (χ1v) is 5.68. The molecule has 0 atom stereocenters. The molecule has 2 aromatic rings. The number of aromatic nitrogens is 1. The van der Waals surface area contributed by atoms with E-state index in [0.717, 1.165) is 5.39 Å². The van der Waals surface area contributed by atoms with Gasteiger partial charge in [-0.05, 0) is 12.1 Å². The summed E-state index contributed by atoms with van der Waals surface area (Å²) in [5, 5.41) is 1.36. The second-order valence-electron chi connectivity index (χ2n) is 2.97. The van der Waals surface area contributed by atoms with E-state index in [0.29, 0.717) is 5.39 Å². The van der Waals surface area contributed by atoms with Gasteiger partial charge in [-0.15, -0.1) is 0 Å². The van der Waals surface area contributed by atoms with Crippen molar-refractivity contribution in [3.63, 3.8) is 0 Å². The van der Waals surface area contributed by atoms with Crippen molar-refractivity contribution in [2.24, 2.45) is 5.84 Å². The number of fused-ring (bicyclic) bond motifs is 1. The molecule has 0 aliphatic heterocycles. The van der Waals surface area contributed by atoms with Crippen LogP contribution in [0.25, 0.3) is 10.8 Å². The van der Waals surface area contributed by atoms with E-state index in [2.05, 4.69) is 4.98 Å². The number of hydrogen-bond acceptors (Lipinski definition) is 4. The molecule has 5 nitrogen and oxygen atoms in total. The standard InChI is InChI=1S/C9H9N3O2S/c10-12-15(13,14)9-3-1-2-7-6-11-5-4-8(7)9/h1-6,12H,10H2. The van der Waals surface area contributed by atoms with Crippen LogP contribution in [0.1, 0.15) is 0 Å². The van der Waals surface area contributed by atoms with Crippen LogP contribution in [0, 0.1) is 0 Å². The quantitative estimate of drug-likeness (QED) is 0.569. The second-order valence-corrected chi connectivity index (χ2v) is 4.66. The van der Waals surface area contributed by atoms with Crippen molar-refractivity contribution < 1.29 is 8.42 Å². The summed E-state index contributed by atoms with van der Waals surface area (Å²) in [5.41, 5.74) is 0. The molecular weight excluding hydrogens is 214 g/mol. The summed E-state index contributed by atoms with van der Waals surface area (Å²) in [6.45, 7) is 0. The lowest BCUT2D eigenvalue weighted by molar-refractivity contribution is 0.585. The molecule has 15 heavy (non-hydrogen) atoms. The van der Waals surface area contributed by atoms with Crippen molar-refractivity contribution in [1.29, 1.82) is 0 Å². The van der Waals surface area contributed by atoms with E-state index in [1.165, 1.54) is 12.3 Å². The van der Waals surface area contributed by atoms with Gasteiger partial charge >= 0.3 is 0 Å². The highest BCUT2D eigenvalue weighted by atomic mass is 32.2. The fourth-order valence-electron chi connectivity index (χ4n) is 1.39. The van der Waals surface area contributed by atoms with Gasteiger partial charge in [0, 0.05) is 23.2 Å². The molecule has 0 saturated heterocycles. The van der Waals surface area contributed by atoms with Crippen molar-refractivity contribution >= 4 is 20.8 Å². The molecule has 0 radical (unpaired) electrons. The molecule has 0 spiro atoms. The zero-order chi connectivity index (χ0) is 10.9. The smallest absolute Gasteiger partial charge is 0.253 e. The summed E-state index contributed by atoms with van der Waals surface area (Å²) < 4.78 is 23.1. The Balaban J connectivity index is 2.83. The number of nitrogens with one attached hydrogen (secondary N) is 1. The maximum Gasteiger partial charge on any atom is 0.253 e. The largest absolute Gasteiger partial charge is 0.264 e. The van der Waals surface area contributed by atoms with E-state index in [1.807, 2.05) is 0 Å². The predicted octanol–water partition coefficient (Wildman–Crippen LogP) is 0.387. The second kappa shape index (κ2) is 3.58. The number of nitrogens with zero attached hydrogens (tertiary/aromatic N) is 1. The summed E-state index contributed by atoms with van der Waals surface area (Å²) >= 11 is 0. The van der Waals surface area contributed by atoms with Crippen molar-refractivity contribution in [3.05, 3.63) is 36.7 Å². The van der Waals surface area contributed by atoms with Crippen LogP contribution in [-0.4, -0.2) is 13.4 Å². The van der Waals surface area contributed by atoms with Crippen molar-refractivity contribution in [2.75, 3.05) is 0 Å². The number of nitrogens with two attached hydrogens (primary N) is 1. The van der Waals surface area contributed by atoms with Crippen LogP contribution in [-0.2, 0) is 10.0 Å². The number of sulfonamides is 1. The number of hydrogen-bond donors (Lipinski definition) is 2. The molecule has 1 heterocycles. The van der Waals surface area contributed by atoms with Gasteiger partial charge in [0.1, 0.15) is 0 Å². The van der Waals surface area contributed by atoms with Crippen LogP contribution in [0.15, 0.2) is 41.6 Å². The molecular formula is C9H9N3O2S. The lowest BCUT2D eigenvalue weighted by Gasteiger charge is -2.05. The fourth-order valence-corrected chi connectivity index (χ4v) is 2.25. The number of rotatable bonds is 2. The molecule has 78 valence electrons. The molecule has 1 aromatic carbocycles. The molecule has 1 aromatic heterocycles. The van der Waals surface area contributed by atoms with Gasteiger partial charge in [0.15, 0.2) is 0 Å². The van der Waals surface area contributed by atoms with Crippen molar-refractivity contribution in [1.82, 2.24) is 9.82 Å². The summed E-state index contributed by atoms with van der Waals surface area (Å²) in [5.74, 6) is 4.98. The van der Waals surface area contributed by atoms with Gasteiger partial charge < -0.3 is 0 Å². The van der Waals surface area contributed by atoms with Crippen molar-refractivity contribution in [3.8, 4) is 0 Å². The summed E-state index contributed by atoms with van der Waals surface area (Å²) in [7, 11) is -3.62. The first kappa shape index (κ1) is 10.0. The lowest BCUT2D eigenvalue weighted by Crippen LogP contribution is -2.30. The van der Waals surface area contributed by atoms with Gasteiger partial charge in [-0.1, -0.05) is 12.1 Å². The Bertz CT molecular complexity index is 590. The van der Waals surface area contributed by atoms with Crippen LogP contribution < -0.4 is 10.7 Å². The highest BCUT2D eigenvalue weighted by Gasteiger charge is 2.14. The van der Waals surface area contributed by atoms with Gasteiger partial charge in [0.2, 0.25) is 0 Å². The minimum atomic E-state index is -3.62. The van der Waals surface area contributed by atoms with E-state index in [-0.39, 0.29) is 4.90 Å². The van der Waals surface area contributed by atoms with Gasteiger partial charge in [0.05, 0.1) is 4.90 Å². The lowest BCUT2D eigenvalue weighted by atomic mass is 10.2. The van der Waals surface area contributed by atoms with Crippen LogP contribution >= 0.6 is 0 Å². The molecule has 0 aliphatic rings. The van der Waals surface area contributed by atoms with Gasteiger partial charge in [-0.25, -0.2) is 8.42 Å². The molecule has 0 amide bonds. The first-order valence-electron chi connectivity index (χ1n) is 4.20. The Kier molecular flexibility index (Phi) is 2.39. The maximum atomic E-state index is 11.6. The molecule has 0 unspecified atom stereocenters. The van der Waals surface area contributed by atoms with Crippen LogP contribution in [0.5, 0.6) is 0 Å². The predicted molar refractivity (Wildman–Crippen MR) is 56.3 cm³/mol. The van der Waals surface area contributed by atoms with Gasteiger partial charge in [-0.3, -0.25) is 10.8 Å². The normalized spacial score (nSPS) is 11.8. The fraction of sp³-hybridized carbons (Fsp3) is 0. The third-order valence-electron chi connectivity index (χ3n) is 2.09. The third-order valence-corrected chi connectivity index (χ3v) is 3.33. The monoisotopic (exact) mass is 223 g/mol. The van der Waals surface area contributed by atoms with Gasteiger partial charge in [-0.2, -0.15) is 4.83 Å². The number of hydrazine groups is 1. The topological polar surface area (TPSA) is 85.1 Å². The van der Waals surface area contributed by atoms with E-state index in [4.69, 9.17) is 5.84 Å². The Morgan fingerprint density at radius 1 is 1.27 bits per heavy atom. The molecule has 0 fully saturated rings. The summed E-state index contributed by atoms with van der Waals surface area (Å²) in [6, 6.07) is 6.57. The Labute approximate surface area is 87.0 Å². The zero-order valence-electron chi connectivity index (χ0n) is 7.71. The highest BCUT2D eigenvalue weighted by Crippen LogP contribution is 2.21. The molecule has 0 saturated carbocycles. The Hall–Kier alpha value is -1.50. The third kappa shape index (κ3) is 1.70.